The second-order valence-corrected chi connectivity index (χ2v) is 5.59. The Kier molecular flexibility index (Phi) is 5.94. The average molecular weight is 291 g/mol. The Hall–Kier alpha value is -1.84. The smallest absolute Gasteiger partial charge is 0.334 e. The number of carbonyl (C=O) groups is 2. The van der Waals surface area contributed by atoms with Crippen LogP contribution in [0.2, 0.25) is 0 Å². The average Bonchev–Trinajstić information content (AvgIpc) is 2.51. The maximum absolute atomic E-state index is 12.4. The van der Waals surface area contributed by atoms with Gasteiger partial charge in [0.15, 0.2) is 5.54 Å². The van der Waals surface area contributed by atoms with Crippen molar-refractivity contribution in [2.45, 2.75) is 46.1 Å². The molecule has 3 atom stereocenters. The summed E-state index contributed by atoms with van der Waals surface area (Å²) in [6.07, 6.45) is 1.18. The first-order valence-corrected chi connectivity index (χ1v) is 7.50. The number of carbonyl (C=O) groups excluding carboxylic acids is 1. The van der Waals surface area contributed by atoms with Crippen LogP contribution >= 0.6 is 0 Å². The number of benzene rings is 1. The quantitative estimate of drug-likeness (QED) is 0.811. The molecule has 0 fully saturated rings. The van der Waals surface area contributed by atoms with Gasteiger partial charge in [-0.2, -0.15) is 0 Å². The van der Waals surface area contributed by atoms with Gasteiger partial charge in [-0.05, 0) is 17.9 Å². The summed E-state index contributed by atoms with van der Waals surface area (Å²) in [5.74, 6) is -1.24. The molecule has 116 valence electrons. The minimum absolute atomic E-state index is 0.211. The molecule has 0 bridgehead atoms. The first-order valence-electron chi connectivity index (χ1n) is 7.50. The molecule has 4 nitrogen and oxygen atoms in total. The molecule has 0 aliphatic carbocycles. The third-order valence-electron chi connectivity index (χ3n) is 4.41. The van der Waals surface area contributed by atoms with Gasteiger partial charge in [-0.1, -0.05) is 64.4 Å². The third-order valence-corrected chi connectivity index (χ3v) is 4.41. The van der Waals surface area contributed by atoms with Gasteiger partial charge in [0.1, 0.15) is 0 Å². The summed E-state index contributed by atoms with van der Waals surface area (Å²) in [5, 5.41) is 12.5. The van der Waals surface area contributed by atoms with Crippen molar-refractivity contribution in [3.05, 3.63) is 35.9 Å². The van der Waals surface area contributed by atoms with E-state index in [9.17, 15) is 14.7 Å². The summed E-state index contributed by atoms with van der Waals surface area (Å²) < 4.78 is 0. The number of carboxylic acid groups (broad SMARTS) is 1. The largest absolute Gasteiger partial charge is 0.479 e. The van der Waals surface area contributed by atoms with Gasteiger partial charge >= 0.3 is 5.97 Å². The highest BCUT2D eigenvalue weighted by Crippen LogP contribution is 2.27. The number of rotatable bonds is 7. The van der Waals surface area contributed by atoms with Crippen LogP contribution in [0.3, 0.4) is 0 Å². The zero-order valence-corrected chi connectivity index (χ0v) is 13.2. The summed E-state index contributed by atoms with van der Waals surface area (Å²) in [4.78, 5) is 24.3. The maximum atomic E-state index is 12.4. The van der Waals surface area contributed by atoms with E-state index in [-0.39, 0.29) is 17.7 Å². The molecular formula is C17H25NO3. The van der Waals surface area contributed by atoms with E-state index in [0.29, 0.717) is 12.0 Å². The number of amides is 1. The van der Waals surface area contributed by atoms with Crippen molar-refractivity contribution in [1.82, 2.24) is 5.32 Å². The minimum Gasteiger partial charge on any atom is -0.479 e. The lowest BCUT2D eigenvalue weighted by atomic mass is 9.85. The lowest BCUT2D eigenvalue weighted by Crippen LogP contribution is -2.53. The van der Waals surface area contributed by atoms with Crippen molar-refractivity contribution in [2.24, 2.45) is 11.8 Å². The fourth-order valence-corrected chi connectivity index (χ4v) is 2.35. The lowest BCUT2D eigenvalue weighted by molar-refractivity contribution is -0.149. The topological polar surface area (TPSA) is 66.4 Å². The van der Waals surface area contributed by atoms with E-state index in [0.717, 1.165) is 6.42 Å². The van der Waals surface area contributed by atoms with Crippen molar-refractivity contribution < 1.29 is 14.7 Å². The molecule has 0 aliphatic rings. The third kappa shape index (κ3) is 3.63. The Bertz CT molecular complexity index is 486. The molecule has 0 saturated carbocycles. The Morgan fingerprint density at radius 3 is 2.19 bits per heavy atom. The highest BCUT2D eigenvalue weighted by molar-refractivity contribution is 5.89. The van der Waals surface area contributed by atoms with E-state index in [1.54, 1.807) is 31.2 Å². The van der Waals surface area contributed by atoms with Crippen LogP contribution in [0.4, 0.5) is 0 Å². The van der Waals surface area contributed by atoms with E-state index in [2.05, 4.69) is 5.32 Å². The second-order valence-electron chi connectivity index (χ2n) is 5.59. The van der Waals surface area contributed by atoms with Crippen molar-refractivity contribution in [1.29, 1.82) is 0 Å². The van der Waals surface area contributed by atoms with Crippen molar-refractivity contribution in [3.63, 3.8) is 0 Å². The molecule has 0 heterocycles. The van der Waals surface area contributed by atoms with Crippen LogP contribution in [0.5, 0.6) is 0 Å². The Morgan fingerprint density at radius 2 is 1.76 bits per heavy atom. The highest BCUT2D eigenvalue weighted by Gasteiger charge is 2.41. The predicted octanol–water partition coefficient (Wildman–Crippen LogP) is 3.17. The van der Waals surface area contributed by atoms with Gasteiger partial charge in [-0.25, -0.2) is 4.79 Å². The van der Waals surface area contributed by atoms with Gasteiger partial charge in [0, 0.05) is 5.92 Å². The highest BCUT2D eigenvalue weighted by atomic mass is 16.4. The summed E-state index contributed by atoms with van der Waals surface area (Å²) in [6.45, 7) is 7.64. The SMILES string of the molecule is CCC(C)C(C)C(=O)NC(CC)(C(=O)O)c1ccccc1. The van der Waals surface area contributed by atoms with Crippen LogP contribution in [0.25, 0.3) is 0 Å². The molecule has 1 aromatic rings. The monoisotopic (exact) mass is 291 g/mol. The van der Waals surface area contributed by atoms with Crippen LogP contribution in [0.1, 0.15) is 46.1 Å². The summed E-state index contributed by atoms with van der Waals surface area (Å²) in [7, 11) is 0. The molecule has 0 saturated heterocycles. The zero-order valence-electron chi connectivity index (χ0n) is 13.2. The van der Waals surface area contributed by atoms with E-state index in [1.807, 2.05) is 26.8 Å². The molecule has 1 amide bonds. The van der Waals surface area contributed by atoms with Crippen molar-refractivity contribution in [3.8, 4) is 0 Å². The molecule has 0 aliphatic heterocycles. The molecule has 0 radical (unpaired) electrons. The van der Waals surface area contributed by atoms with Crippen LogP contribution in [-0.4, -0.2) is 17.0 Å². The van der Waals surface area contributed by atoms with E-state index >= 15 is 0 Å². The minimum atomic E-state index is -1.36. The standard InChI is InChI=1S/C17H25NO3/c1-5-12(3)13(4)15(19)18-17(6-2,16(20)21)14-10-8-7-9-11-14/h7-13H,5-6H2,1-4H3,(H,18,19)(H,20,21). The summed E-state index contributed by atoms with van der Waals surface area (Å²) in [6, 6.07) is 8.88. The molecule has 1 aromatic carbocycles. The van der Waals surface area contributed by atoms with Gasteiger partial charge in [-0.3, -0.25) is 4.79 Å². The first-order chi connectivity index (χ1) is 9.89. The second kappa shape index (κ2) is 7.25. The van der Waals surface area contributed by atoms with Gasteiger partial charge in [0.2, 0.25) is 5.91 Å². The molecule has 1 rings (SSSR count). The van der Waals surface area contributed by atoms with Crippen molar-refractivity contribution >= 4 is 11.9 Å². The van der Waals surface area contributed by atoms with Crippen molar-refractivity contribution in [2.75, 3.05) is 0 Å². The Labute approximate surface area is 126 Å². The van der Waals surface area contributed by atoms with E-state index < -0.39 is 11.5 Å². The maximum Gasteiger partial charge on any atom is 0.334 e. The van der Waals surface area contributed by atoms with Crippen LogP contribution < -0.4 is 5.32 Å². The van der Waals surface area contributed by atoms with Crippen LogP contribution in [-0.2, 0) is 15.1 Å². The molecule has 21 heavy (non-hydrogen) atoms. The Balaban J connectivity index is 3.11. The predicted molar refractivity (Wildman–Crippen MR) is 82.8 cm³/mol. The summed E-state index contributed by atoms with van der Waals surface area (Å²) in [5.41, 5.74) is -0.759. The number of nitrogens with one attached hydrogen (secondary N) is 1. The number of hydrogen-bond acceptors (Lipinski definition) is 2. The number of hydrogen-bond donors (Lipinski definition) is 2. The fourth-order valence-electron chi connectivity index (χ4n) is 2.35. The van der Waals surface area contributed by atoms with Gasteiger partial charge in [-0.15, -0.1) is 0 Å². The molecule has 4 heteroatoms. The summed E-state index contributed by atoms with van der Waals surface area (Å²) >= 11 is 0. The van der Waals surface area contributed by atoms with Crippen LogP contribution in [0, 0.1) is 11.8 Å². The van der Waals surface area contributed by atoms with Gasteiger partial charge in [0.25, 0.3) is 0 Å². The van der Waals surface area contributed by atoms with E-state index in [1.165, 1.54) is 0 Å². The first kappa shape index (κ1) is 17.2. The number of aliphatic carboxylic acids is 1. The zero-order chi connectivity index (χ0) is 16.0. The number of carboxylic acids is 1. The van der Waals surface area contributed by atoms with Crippen LogP contribution in [0.15, 0.2) is 30.3 Å². The lowest BCUT2D eigenvalue weighted by Gasteiger charge is -2.32. The Morgan fingerprint density at radius 1 is 1.19 bits per heavy atom. The van der Waals surface area contributed by atoms with Gasteiger partial charge < -0.3 is 10.4 Å². The fraction of sp³-hybridized carbons (Fsp3) is 0.529. The molecular weight excluding hydrogens is 266 g/mol. The molecule has 3 unspecified atom stereocenters. The van der Waals surface area contributed by atoms with Gasteiger partial charge in [0.05, 0.1) is 0 Å². The molecule has 0 spiro atoms. The van der Waals surface area contributed by atoms with E-state index in [4.69, 9.17) is 0 Å². The molecule has 0 aromatic heterocycles. The normalized spacial score (nSPS) is 16.6. The molecule has 2 N–H and O–H groups in total.